The van der Waals surface area contributed by atoms with Crippen molar-refractivity contribution in [2.75, 3.05) is 7.05 Å². The highest BCUT2D eigenvalue weighted by molar-refractivity contribution is 5.87. The number of unbranched alkanes of at least 4 members (excludes halogenated alkanes) is 2. The van der Waals surface area contributed by atoms with Gasteiger partial charge in [-0.2, -0.15) is 0 Å². The molecule has 0 rings (SSSR count). The molecule has 0 amide bonds. The van der Waals surface area contributed by atoms with Gasteiger partial charge in [-0.3, -0.25) is 4.99 Å². The number of nitrogens with zero attached hydrogens (tertiary/aromatic N) is 1. The maximum atomic E-state index is 4.38. The first-order valence-corrected chi connectivity index (χ1v) is 6.04. The Morgan fingerprint density at radius 3 is 1.79 bits per heavy atom. The standard InChI is InChI=1S/C13H27N/c1-6-8-10-13(4,11-9-7-2)12(3)14-5/h6-11H2,1-5H3. The van der Waals surface area contributed by atoms with Crippen LogP contribution >= 0.6 is 0 Å². The van der Waals surface area contributed by atoms with E-state index in [1.54, 1.807) is 0 Å². The highest BCUT2D eigenvalue weighted by atomic mass is 14.7. The third kappa shape index (κ3) is 4.26. The summed E-state index contributed by atoms with van der Waals surface area (Å²) < 4.78 is 0. The zero-order valence-electron chi connectivity index (χ0n) is 10.7. The van der Waals surface area contributed by atoms with Gasteiger partial charge >= 0.3 is 0 Å². The second kappa shape index (κ2) is 7.03. The molecule has 0 fully saturated rings. The summed E-state index contributed by atoms with van der Waals surface area (Å²) in [6, 6.07) is 0. The largest absolute Gasteiger partial charge is 0.297 e. The molecule has 0 atom stereocenters. The van der Waals surface area contributed by atoms with Gasteiger partial charge in [-0.15, -0.1) is 0 Å². The van der Waals surface area contributed by atoms with Gasteiger partial charge in [0, 0.05) is 18.2 Å². The van der Waals surface area contributed by atoms with Crippen molar-refractivity contribution in [3.05, 3.63) is 0 Å². The molecule has 0 aromatic carbocycles. The second-order valence-corrected chi connectivity index (χ2v) is 4.58. The molecule has 84 valence electrons. The summed E-state index contributed by atoms with van der Waals surface area (Å²) in [5, 5.41) is 0. The first kappa shape index (κ1) is 13.7. The molecular formula is C13H27N. The van der Waals surface area contributed by atoms with Gasteiger partial charge in [0.05, 0.1) is 0 Å². The van der Waals surface area contributed by atoms with E-state index in [1.807, 2.05) is 7.05 Å². The van der Waals surface area contributed by atoms with Crippen molar-refractivity contribution in [3.63, 3.8) is 0 Å². The SMILES string of the molecule is CCCCC(C)(CCCC)C(C)=NC. The lowest BCUT2D eigenvalue weighted by atomic mass is 9.76. The summed E-state index contributed by atoms with van der Waals surface area (Å²) in [6.45, 7) is 9.09. The van der Waals surface area contributed by atoms with Gasteiger partial charge in [-0.05, 0) is 19.8 Å². The Bertz CT molecular complexity index is 162. The fraction of sp³-hybridized carbons (Fsp3) is 0.923. The maximum Gasteiger partial charge on any atom is 0.0276 e. The molecule has 0 aliphatic rings. The van der Waals surface area contributed by atoms with Crippen molar-refractivity contribution in [2.45, 2.75) is 66.2 Å². The first-order valence-electron chi connectivity index (χ1n) is 6.04. The summed E-state index contributed by atoms with van der Waals surface area (Å²) in [6.07, 6.45) is 7.83. The third-order valence-corrected chi connectivity index (χ3v) is 3.37. The molecule has 0 aromatic heterocycles. The van der Waals surface area contributed by atoms with E-state index in [4.69, 9.17) is 0 Å². The molecule has 0 saturated heterocycles. The van der Waals surface area contributed by atoms with Gasteiger partial charge in [0.15, 0.2) is 0 Å². The van der Waals surface area contributed by atoms with E-state index in [2.05, 4.69) is 32.7 Å². The summed E-state index contributed by atoms with van der Waals surface area (Å²) in [5.74, 6) is 0. The molecular weight excluding hydrogens is 170 g/mol. The van der Waals surface area contributed by atoms with Gasteiger partial charge in [0.25, 0.3) is 0 Å². The predicted octanol–water partition coefficient (Wildman–Crippen LogP) is 4.46. The van der Waals surface area contributed by atoms with Crippen molar-refractivity contribution in [1.82, 2.24) is 0 Å². The van der Waals surface area contributed by atoms with Crippen LogP contribution in [0.3, 0.4) is 0 Å². The molecule has 0 aliphatic carbocycles. The van der Waals surface area contributed by atoms with E-state index >= 15 is 0 Å². The van der Waals surface area contributed by atoms with Crippen molar-refractivity contribution in [3.8, 4) is 0 Å². The van der Waals surface area contributed by atoms with Crippen LogP contribution in [-0.4, -0.2) is 12.8 Å². The van der Waals surface area contributed by atoms with E-state index < -0.39 is 0 Å². The van der Waals surface area contributed by atoms with Gasteiger partial charge in [0.1, 0.15) is 0 Å². The van der Waals surface area contributed by atoms with Crippen LogP contribution in [0.15, 0.2) is 4.99 Å². The summed E-state index contributed by atoms with van der Waals surface area (Å²) >= 11 is 0. The molecule has 0 aromatic rings. The van der Waals surface area contributed by atoms with Gasteiger partial charge in [0.2, 0.25) is 0 Å². The third-order valence-electron chi connectivity index (χ3n) is 3.37. The Labute approximate surface area is 90.0 Å². The van der Waals surface area contributed by atoms with Crippen molar-refractivity contribution in [1.29, 1.82) is 0 Å². The van der Waals surface area contributed by atoms with Crippen LogP contribution in [0.2, 0.25) is 0 Å². The number of aliphatic imine (C=N–C) groups is 1. The topological polar surface area (TPSA) is 12.4 Å². The summed E-state index contributed by atoms with van der Waals surface area (Å²) in [5.41, 5.74) is 1.69. The second-order valence-electron chi connectivity index (χ2n) is 4.58. The lowest BCUT2D eigenvalue weighted by molar-refractivity contribution is 0.366. The van der Waals surface area contributed by atoms with Crippen LogP contribution in [-0.2, 0) is 0 Å². The minimum Gasteiger partial charge on any atom is -0.297 e. The summed E-state index contributed by atoms with van der Waals surface area (Å²) in [7, 11) is 1.92. The molecule has 0 radical (unpaired) electrons. The van der Waals surface area contributed by atoms with Crippen molar-refractivity contribution >= 4 is 5.71 Å². The van der Waals surface area contributed by atoms with Crippen molar-refractivity contribution in [2.24, 2.45) is 10.4 Å². The molecule has 0 saturated carbocycles. The fourth-order valence-electron chi connectivity index (χ4n) is 1.89. The quantitative estimate of drug-likeness (QED) is 0.534. The van der Waals surface area contributed by atoms with E-state index in [0.29, 0.717) is 5.41 Å². The number of rotatable bonds is 7. The molecule has 14 heavy (non-hydrogen) atoms. The van der Waals surface area contributed by atoms with E-state index in [1.165, 1.54) is 44.2 Å². The lowest BCUT2D eigenvalue weighted by Gasteiger charge is -2.29. The Hall–Kier alpha value is -0.330. The molecule has 1 heteroatoms. The highest BCUT2D eigenvalue weighted by Gasteiger charge is 2.25. The fourth-order valence-corrected chi connectivity index (χ4v) is 1.89. The molecule has 0 heterocycles. The normalized spacial score (nSPS) is 13.4. The first-order chi connectivity index (χ1) is 6.60. The highest BCUT2D eigenvalue weighted by Crippen LogP contribution is 2.32. The minimum absolute atomic E-state index is 0.362. The monoisotopic (exact) mass is 197 g/mol. The smallest absolute Gasteiger partial charge is 0.0276 e. The molecule has 0 bridgehead atoms. The average molecular weight is 197 g/mol. The van der Waals surface area contributed by atoms with Gasteiger partial charge < -0.3 is 0 Å². The molecule has 0 N–H and O–H groups in total. The van der Waals surface area contributed by atoms with E-state index in [-0.39, 0.29) is 0 Å². The van der Waals surface area contributed by atoms with Crippen LogP contribution in [0.5, 0.6) is 0 Å². The minimum atomic E-state index is 0.362. The molecule has 0 spiro atoms. The van der Waals surface area contributed by atoms with Gasteiger partial charge in [-0.25, -0.2) is 0 Å². The average Bonchev–Trinajstić information content (AvgIpc) is 2.22. The zero-order valence-corrected chi connectivity index (χ0v) is 10.7. The van der Waals surface area contributed by atoms with Crippen LogP contribution in [0, 0.1) is 5.41 Å². The Kier molecular flexibility index (Phi) is 6.86. The van der Waals surface area contributed by atoms with Crippen molar-refractivity contribution < 1.29 is 0 Å². The van der Waals surface area contributed by atoms with E-state index in [9.17, 15) is 0 Å². The van der Waals surface area contributed by atoms with E-state index in [0.717, 1.165) is 0 Å². The molecule has 1 nitrogen and oxygen atoms in total. The number of hydrogen-bond donors (Lipinski definition) is 0. The zero-order chi connectivity index (χ0) is 11.0. The van der Waals surface area contributed by atoms with Crippen LogP contribution in [0.1, 0.15) is 66.2 Å². The van der Waals surface area contributed by atoms with Gasteiger partial charge in [-0.1, -0.05) is 46.5 Å². The number of hydrogen-bond acceptors (Lipinski definition) is 1. The molecule has 0 aliphatic heterocycles. The maximum absolute atomic E-state index is 4.38. The Morgan fingerprint density at radius 2 is 1.50 bits per heavy atom. The molecule has 0 unspecified atom stereocenters. The van der Waals surface area contributed by atoms with Crippen LogP contribution < -0.4 is 0 Å². The summed E-state index contributed by atoms with van der Waals surface area (Å²) in [4.78, 5) is 4.38. The van der Waals surface area contributed by atoms with Crippen LogP contribution in [0.25, 0.3) is 0 Å². The Balaban J connectivity index is 4.32. The predicted molar refractivity (Wildman–Crippen MR) is 66.2 cm³/mol. The Morgan fingerprint density at radius 1 is 1.07 bits per heavy atom. The van der Waals surface area contributed by atoms with Crippen LogP contribution in [0.4, 0.5) is 0 Å². The lowest BCUT2D eigenvalue weighted by Crippen LogP contribution is -2.25.